The molecule has 0 nitrogen and oxygen atoms in total. The molecule has 0 aliphatic carbocycles. The lowest BCUT2D eigenvalue weighted by atomic mass is 10.2. The summed E-state index contributed by atoms with van der Waals surface area (Å²) in [5, 5.41) is 7.48. The summed E-state index contributed by atoms with van der Waals surface area (Å²) in [7, 11) is -3.56. The average Bonchev–Trinajstić information content (AvgIpc) is 3.12. The van der Waals surface area contributed by atoms with Gasteiger partial charge in [-0.15, -0.1) is 0 Å². The second-order valence-electron chi connectivity index (χ2n) is 12.0. The second kappa shape index (κ2) is 15.6. The lowest BCUT2D eigenvalue weighted by molar-refractivity contribution is 0.891. The minimum Gasteiger partial charge on any atom is -0.0843 e. The van der Waals surface area contributed by atoms with E-state index in [-0.39, 0.29) is 0 Å². The molecule has 0 atom stereocenters. The maximum Gasteiger partial charge on any atom is 0.0995 e. The maximum atomic E-state index is 6.33. The van der Waals surface area contributed by atoms with Crippen LogP contribution in [0.5, 0.6) is 0 Å². The van der Waals surface area contributed by atoms with Gasteiger partial charge in [0, 0.05) is 10.0 Å². The van der Waals surface area contributed by atoms with Crippen molar-refractivity contribution in [2.45, 2.75) is 25.2 Å². The second-order valence-corrected chi connectivity index (χ2v) is 20.3. The summed E-state index contributed by atoms with van der Waals surface area (Å²) in [6.07, 6.45) is 6.70. The van der Waals surface area contributed by atoms with E-state index in [0.717, 1.165) is 47.5 Å². The summed E-state index contributed by atoms with van der Waals surface area (Å²) in [5.74, 6) is 0. The fraction of sp³-hybridized carbons (Fsp3) is 0.143. The highest BCUT2D eigenvalue weighted by atomic mass is 35.5. The minimum absolute atomic E-state index is 0.787. The van der Waals surface area contributed by atoms with Crippen LogP contribution >= 0.6 is 37.7 Å². The Hall–Kier alpha value is -3.24. The molecule has 0 saturated heterocycles. The van der Waals surface area contributed by atoms with Crippen molar-refractivity contribution >= 4 is 58.9 Å². The van der Waals surface area contributed by atoms with Gasteiger partial charge in [-0.1, -0.05) is 120 Å². The molecule has 6 aromatic carbocycles. The van der Waals surface area contributed by atoms with Crippen molar-refractivity contribution in [1.29, 1.82) is 0 Å². The summed E-state index contributed by atoms with van der Waals surface area (Å²) in [4.78, 5) is 0. The number of halogens is 2. The van der Waals surface area contributed by atoms with Crippen molar-refractivity contribution in [2.24, 2.45) is 0 Å². The molecule has 0 radical (unpaired) electrons. The van der Waals surface area contributed by atoms with Gasteiger partial charge in [-0.3, -0.25) is 0 Å². The molecule has 0 heterocycles. The largest absolute Gasteiger partial charge is 0.0995 e. The Labute approximate surface area is 286 Å². The highest BCUT2D eigenvalue weighted by Gasteiger charge is 2.45. The molecule has 6 aromatic rings. The first-order valence-corrected chi connectivity index (χ1v) is 21.1. The predicted octanol–water partition coefficient (Wildman–Crippen LogP) is 10.8. The van der Waals surface area contributed by atoms with Crippen LogP contribution in [0, 0.1) is 0 Å². The molecule has 0 aliphatic heterocycles. The summed E-state index contributed by atoms with van der Waals surface area (Å²) < 4.78 is 0. The normalized spacial score (nSPS) is 11.8. The van der Waals surface area contributed by atoms with E-state index in [1.807, 2.05) is 24.3 Å². The Morgan fingerprint density at radius 2 is 0.587 bits per heavy atom. The van der Waals surface area contributed by atoms with Gasteiger partial charge in [0.1, 0.15) is 0 Å². The molecule has 0 bridgehead atoms. The van der Waals surface area contributed by atoms with E-state index in [1.54, 1.807) is 0 Å². The van der Waals surface area contributed by atoms with Gasteiger partial charge in [0.05, 0.1) is 60.4 Å². The van der Waals surface area contributed by atoms with E-state index < -0.39 is 14.5 Å². The molecule has 0 saturated carbocycles. The molecule has 0 N–H and O–H groups in total. The lowest BCUT2D eigenvalue weighted by Gasteiger charge is -2.30. The first kappa shape index (κ1) is 32.7. The Morgan fingerprint density at radius 3 is 0.848 bits per heavy atom. The smallest absolute Gasteiger partial charge is 0.0843 e. The van der Waals surface area contributed by atoms with E-state index in [4.69, 9.17) is 23.2 Å². The third kappa shape index (κ3) is 7.65. The van der Waals surface area contributed by atoms with Gasteiger partial charge in [0.2, 0.25) is 0 Å². The number of hydrogen-bond acceptors (Lipinski definition) is 0. The van der Waals surface area contributed by atoms with Gasteiger partial charge < -0.3 is 0 Å². The summed E-state index contributed by atoms with van der Waals surface area (Å²) >= 11 is 12.7. The van der Waals surface area contributed by atoms with Crippen LogP contribution in [0.25, 0.3) is 0 Å². The standard InChI is InChI=1S/C42H40Cl2P2/c43-37-27-23-35(24-28-37)33-45(39-15-5-1-6-16-39,40-17-7-2-8-18-40)31-13-14-32-46(41-19-9-3-10-20-41,42-21-11-4-12-22-42)34-36-25-29-38(44)30-26-36/h1-12,15-30H,13-14,31-34H2/q+2. The third-order valence-electron chi connectivity index (χ3n) is 9.06. The fourth-order valence-electron chi connectivity index (χ4n) is 6.76. The van der Waals surface area contributed by atoms with Gasteiger partial charge in [0.15, 0.2) is 0 Å². The van der Waals surface area contributed by atoms with Crippen molar-refractivity contribution in [3.63, 3.8) is 0 Å². The Kier molecular flexibility index (Phi) is 11.1. The molecule has 230 valence electrons. The molecule has 0 unspecified atom stereocenters. The monoisotopic (exact) mass is 676 g/mol. The van der Waals surface area contributed by atoms with Gasteiger partial charge >= 0.3 is 0 Å². The minimum atomic E-state index is -1.78. The third-order valence-corrected chi connectivity index (χ3v) is 18.7. The molecule has 0 spiro atoms. The zero-order chi connectivity index (χ0) is 31.7. The number of hydrogen-bond donors (Lipinski definition) is 0. The molecule has 4 heteroatoms. The number of unbranched alkanes of at least 4 members (excludes halogenated alkanes) is 1. The van der Waals surface area contributed by atoms with Crippen molar-refractivity contribution < 1.29 is 0 Å². The van der Waals surface area contributed by atoms with E-state index in [9.17, 15) is 0 Å². The topological polar surface area (TPSA) is 0 Å². The van der Waals surface area contributed by atoms with Crippen LogP contribution in [0.15, 0.2) is 170 Å². The molecular weight excluding hydrogens is 637 g/mol. The van der Waals surface area contributed by atoms with Gasteiger partial charge in [-0.25, -0.2) is 0 Å². The molecule has 0 aliphatic rings. The lowest BCUT2D eigenvalue weighted by Crippen LogP contribution is -2.28. The van der Waals surface area contributed by atoms with Crippen LogP contribution in [0.1, 0.15) is 24.0 Å². The molecule has 0 fully saturated rings. The summed E-state index contributed by atoms with van der Waals surface area (Å²) in [5.41, 5.74) is 2.70. The van der Waals surface area contributed by atoms with E-state index in [2.05, 4.69) is 146 Å². The van der Waals surface area contributed by atoms with Crippen molar-refractivity contribution in [2.75, 3.05) is 12.3 Å². The highest BCUT2D eigenvalue weighted by Crippen LogP contribution is 2.62. The van der Waals surface area contributed by atoms with E-state index in [0.29, 0.717) is 0 Å². The maximum absolute atomic E-state index is 6.33. The van der Waals surface area contributed by atoms with Gasteiger partial charge in [-0.05, 0) is 96.8 Å². The Balaban J connectivity index is 1.37. The zero-order valence-electron chi connectivity index (χ0n) is 26.1. The molecule has 46 heavy (non-hydrogen) atoms. The van der Waals surface area contributed by atoms with Crippen molar-refractivity contribution in [3.8, 4) is 0 Å². The van der Waals surface area contributed by atoms with Crippen molar-refractivity contribution in [3.05, 3.63) is 191 Å². The number of benzene rings is 6. The van der Waals surface area contributed by atoms with Gasteiger partial charge in [-0.2, -0.15) is 0 Å². The highest BCUT2D eigenvalue weighted by molar-refractivity contribution is 7.89. The first-order valence-electron chi connectivity index (χ1n) is 16.0. The Morgan fingerprint density at radius 1 is 0.326 bits per heavy atom. The summed E-state index contributed by atoms with van der Waals surface area (Å²) in [6, 6.07) is 62.2. The predicted molar refractivity (Wildman–Crippen MR) is 207 cm³/mol. The van der Waals surface area contributed by atoms with E-state index in [1.165, 1.54) is 32.3 Å². The fourth-order valence-corrected chi connectivity index (χ4v) is 15.9. The first-order chi connectivity index (χ1) is 22.6. The van der Waals surface area contributed by atoms with Crippen LogP contribution in [-0.4, -0.2) is 12.3 Å². The summed E-state index contributed by atoms with van der Waals surface area (Å²) in [6.45, 7) is 0. The van der Waals surface area contributed by atoms with Crippen LogP contribution < -0.4 is 21.2 Å². The zero-order valence-corrected chi connectivity index (χ0v) is 29.4. The van der Waals surface area contributed by atoms with Gasteiger partial charge in [0.25, 0.3) is 0 Å². The van der Waals surface area contributed by atoms with Crippen LogP contribution in [0.4, 0.5) is 0 Å². The van der Waals surface area contributed by atoms with Crippen LogP contribution in [-0.2, 0) is 12.3 Å². The van der Waals surface area contributed by atoms with Crippen molar-refractivity contribution in [1.82, 2.24) is 0 Å². The van der Waals surface area contributed by atoms with Crippen LogP contribution in [0.3, 0.4) is 0 Å². The molecular formula is C42H40Cl2P2+2. The average molecular weight is 678 g/mol. The SMILES string of the molecule is Clc1ccc(C[P+](CCCC[P+](Cc2ccc(Cl)cc2)(c2ccccc2)c2ccccc2)(c2ccccc2)c2ccccc2)cc1. The Bertz CT molecular complexity index is 1560. The van der Waals surface area contributed by atoms with Crippen LogP contribution in [0.2, 0.25) is 10.0 Å². The molecule has 6 rings (SSSR count). The quantitative estimate of drug-likeness (QED) is 0.0843. The number of rotatable bonds is 13. The molecule has 0 amide bonds. The molecule has 0 aromatic heterocycles. The van der Waals surface area contributed by atoms with E-state index >= 15 is 0 Å².